The van der Waals surface area contributed by atoms with Crippen LogP contribution in [0.4, 0.5) is 5.69 Å². The van der Waals surface area contributed by atoms with Crippen LogP contribution < -0.4 is 19.1 Å². The minimum Gasteiger partial charge on any atom is -0.507 e. The molecule has 1 saturated heterocycles. The molecule has 0 saturated carbocycles. The first-order valence-corrected chi connectivity index (χ1v) is 12.3. The summed E-state index contributed by atoms with van der Waals surface area (Å²) in [5.74, 6) is -1.25. The lowest BCUT2D eigenvalue weighted by Crippen LogP contribution is -2.29. The molecule has 7 nitrogen and oxygen atoms in total. The molecule has 1 amide bonds. The number of aliphatic hydroxyl groups is 1. The van der Waals surface area contributed by atoms with Gasteiger partial charge in [-0.05, 0) is 61.0 Å². The van der Waals surface area contributed by atoms with Crippen molar-refractivity contribution in [1.82, 2.24) is 0 Å². The normalized spacial score (nSPS) is 16.7. The fraction of sp³-hybridized carbons (Fsp3) is 0.185. The number of carbonyl (C=O) groups is 2. The zero-order valence-electron chi connectivity index (χ0n) is 20.1. The molecule has 1 N–H and O–H groups in total. The first kappa shape index (κ1) is 26.7. The molecular weight excluding hydrogens is 541 g/mol. The lowest BCUT2D eigenvalue weighted by molar-refractivity contribution is -0.132. The summed E-state index contributed by atoms with van der Waals surface area (Å²) < 4.78 is 16.5. The molecule has 0 aliphatic carbocycles. The molecule has 3 aromatic carbocycles. The number of Topliss-reactive ketones (excluding diaryl/α,β-unsaturated/α-hetero) is 1. The largest absolute Gasteiger partial charge is 0.507 e. The molecule has 0 bridgehead atoms. The Morgan fingerprint density at radius 2 is 1.62 bits per heavy atom. The smallest absolute Gasteiger partial charge is 0.300 e. The zero-order valence-corrected chi connectivity index (χ0v) is 22.3. The van der Waals surface area contributed by atoms with E-state index in [1.807, 2.05) is 6.92 Å². The Hall–Kier alpha value is -3.39. The average molecular weight is 563 g/mol. The maximum Gasteiger partial charge on any atom is 0.300 e. The summed E-state index contributed by atoms with van der Waals surface area (Å²) in [6.45, 7) is 2.18. The lowest BCUT2D eigenvalue weighted by Gasteiger charge is -2.26. The number of hydrogen-bond acceptors (Lipinski definition) is 6. The van der Waals surface area contributed by atoms with Crippen molar-refractivity contribution in [3.8, 4) is 17.2 Å². The predicted molar refractivity (Wildman–Crippen MR) is 143 cm³/mol. The van der Waals surface area contributed by atoms with Crippen LogP contribution >= 0.6 is 34.8 Å². The molecule has 0 spiro atoms. The van der Waals surface area contributed by atoms with E-state index >= 15 is 0 Å². The second-order valence-corrected chi connectivity index (χ2v) is 9.24. The van der Waals surface area contributed by atoms with Crippen LogP contribution in [-0.2, 0) is 9.59 Å². The Balaban J connectivity index is 2.02. The van der Waals surface area contributed by atoms with Crippen LogP contribution in [0.1, 0.15) is 24.1 Å². The number of aliphatic hydroxyl groups excluding tert-OH is 1. The van der Waals surface area contributed by atoms with Crippen LogP contribution in [0.5, 0.6) is 17.2 Å². The van der Waals surface area contributed by atoms with Gasteiger partial charge in [-0.1, -0.05) is 40.9 Å². The molecule has 1 aliphatic heterocycles. The van der Waals surface area contributed by atoms with Gasteiger partial charge in [0.15, 0.2) is 11.5 Å². The van der Waals surface area contributed by atoms with Crippen LogP contribution in [0.2, 0.25) is 15.1 Å². The first-order valence-electron chi connectivity index (χ1n) is 11.1. The third-order valence-electron chi connectivity index (χ3n) is 5.82. The highest BCUT2D eigenvalue weighted by atomic mass is 35.5. The number of ketones is 1. The van der Waals surface area contributed by atoms with Crippen LogP contribution in [0.15, 0.2) is 60.2 Å². The number of hydrogen-bond donors (Lipinski definition) is 1. The second kappa shape index (κ2) is 10.9. The van der Waals surface area contributed by atoms with Crippen LogP contribution in [0, 0.1) is 0 Å². The Morgan fingerprint density at radius 3 is 2.24 bits per heavy atom. The summed E-state index contributed by atoms with van der Waals surface area (Å²) in [4.78, 5) is 28.2. The third-order valence-corrected chi connectivity index (χ3v) is 6.57. The van der Waals surface area contributed by atoms with Crippen molar-refractivity contribution in [1.29, 1.82) is 0 Å². The Bertz CT molecular complexity index is 1400. The van der Waals surface area contributed by atoms with Crippen molar-refractivity contribution in [2.24, 2.45) is 0 Å². The molecule has 1 unspecified atom stereocenters. The van der Waals surface area contributed by atoms with E-state index in [2.05, 4.69) is 0 Å². The van der Waals surface area contributed by atoms with Gasteiger partial charge in [-0.3, -0.25) is 14.5 Å². The number of nitrogens with zero attached hydrogens (tertiary/aromatic N) is 1. The summed E-state index contributed by atoms with van der Waals surface area (Å²) >= 11 is 18.5. The van der Waals surface area contributed by atoms with E-state index in [1.165, 1.54) is 31.3 Å². The molecule has 1 aliphatic rings. The highest BCUT2D eigenvalue weighted by Gasteiger charge is 2.47. The van der Waals surface area contributed by atoms with Gasteiger partial charge in [-0.25, -0.2) is 0 Å². The van der Waals surface area contributed by atoms with Gasteiger partial charge in [0, 0.05) is 15.7 Å². The molecule has 1 heterocycles. The maximum absolute atomic E-state index is 13.5. The number of carbonyl (C=O) groups excluding carboxylic acids is 2. The Labute approximate surface area is 228 Å². The number of methoxy groups -OCH3 is 2. The van der Waals surface area contributed by atoms with Crippen molar-refractivity contribution < 1.29 is 28.9 Å². The molecule has 4 rings (SSSR count). The van der Waals surface area contributed by atoms with Gasteiger partial charge < -0.3 is 19.3 Å². The number of amides is 1. The van der Waals surface area contributed by atoms with Crippen molar-refractivity contribution in [2.75, 3.05) is 25.7 Å². The lowest BCUT2D eigenvalue weighted by atomic mass is 9.94. The van der Waals surface area contributed by atoms with E-state index in [4.69, 9.17) is 49.0 Å². The summed E-state index contributed by atoms with van der Waals surface area (Å²) in [5, 5.41) is 12.3. The van der Waals surface area contributed by atoms with Gasteiger partial charge in [0.05, 0.1) is 43.0 Å². The number of rotatable bonds is 7. The zero-order chi connectivity index (χ0) is 26.9. The monoisotopic (exact) mass is 561 g/mol. The highest BCUT2D eigenvalue weighted by molar-refractivity contribution is 6.52. The second-order valence-electron chi connectivity index (χ2n) is 7.96. The minimum absolute atomic E-state index is 0.0673. The molecule has 1 fully saturated rings. The Morgan fingerprint density at radius 1 is 0.919 bits per heavy atom. The first-order chi connectivity index (χ1) is 17.7. The van der Waals surface area contributed by atoms with Crippen molar-refractivity contribution in [3.63, 3.8) is 0 Å². The summed E-state index contributed by atoms with van der Waals surface area (Å²) in [6.07, 6.45) is 0. The molecule has 0 radical (unpaired) electrons. The fourth-order valence-electron chi connectivity index (χ4n) is 4.24. The third kappa shape index (κ3) is 4.94. The van der Waals surface area contributed by atoms with Gasteiger partial charge >= 0.3 is 0 Å². The van der Waals surface area contributed by atoms with Crippen molar-refractivity contribution in [3.05, 3.63) is 86.4 Å². The fourth-order valence-corrected chi connectivity index (χ4v) is 4.93. The van der Waals surface area contributed by atoms with E-state index in [-0.39, 0.29) is 26.9 Å². The van der Waals surface area contributed by atoms with E-state index in [9.17, 15) is 14.7 Å². The van der Waals surface area contributed by atoms with Gasteiger partial charge in [-0.2, -0.15) is 0 Å². The number of benzene rings is 3. The SMILES string of the molecule is CCOc1cc(C2/C(=C(\O)c3cc(Cl)cc(Cl)c3OC)C(=O)C(=O)N2c2ccc(Cl)cc2)ccc1OC. The van der Waals surface area contributed by atoms with E-state index in [1.54, 1.807) is 42.5 Å². The topological polar surface area (TPSA) is 85.3 Å². The summed E-state index contributed by atoms with van der Waals surface area (Å²) in [5.41, 5.74) is 0.786. The van der Waals surface area contributed by atoms with E-state index in [0.717, 1.165) is 0 Å². The van der Waals surface area contributed by atoms with Gasteiger partial charge in [0.1, 0.15) is 11.5 Å². The van der Waals surface area contributed by atoms with Crippen LogP contribution in [0.3, 0.4) is 0 Å². The van der Waals surface area contributed by atoms with Crippen molar-refractivity contribution in [2.45, 2.75) is 13.0 Å². The average Bonchev–Trinajstić information content (AvgIpc) is 3.14. The van der Waals surface area contributed by atoms with Crippen LogP contribution in [-0.4, -0.2) is 37.6 Å². The van der Waals surface area contributed by atoms with E-state index in [0.29, 0.717) is 34.4 Å². The molecule has 37 heavy (non-hydrogen) atoms. The molecule has 10 heteroatoms. The molecule has 1 atom stereocenters. The molecule has 3 aromatic rings. The number of anilines is 1. The van der Waals surface area contributed by atoms with E-state index < -0.39 is 23.5 Å². The summed E-state index contributed by atoms with van der Waals surface area (Å²) in [7, 11) is 2.88. The van der Waals surface area contributed by atoms with Crippen molar-refractivity contribution >= 4 is 57.9 Å². The molecular formula is C27H22Cl3NO6. The molecule has 0 aromatic heterocycles. The standard InChI is InChI=1S/C27H22Cl3NO6/c1-4-37-21-11-14(5-10-20(21)35-2)23-22(24(32)18-12-16(29)13-19(30)26(18)36-3)25(33)27(34)31(23)17-8-6-15(28)7-9-17/h5-13,23,32H,4H2,1-3H3/b24-22+. The Kier molecular flexibility index (Phi) is 7.87. The minimum atomic E-state index is -1.03. The van der Waals surface area contributed by atoms with Gasteiger partial charge in [0.2, 0.25) is 0 Å². The maximum atomic E-state index is 13.5. The quantitative estimate of drug-likeness (QED) is 0.196. The van der Waals surface area contributed by atoms with Crippen LogP contribution in [0.25, 0.3) is 5.76 Å². The van der Waals surface area contributed by atoms with Gasteiger partial charge in [-0.15, -0.1) is 0 Å². The predicted octanol–water partition coefficient (Wildman–Crippen LogP) is 6.69. The highest BCUT2D eigenvalue weighted by Crippen LogP contribution is 2.46. The number of halogens is 3. The summed E-state index contributed by atoms with van der Waals surface area (Å²) in [6, 6.07) is 13.3. The van der Waals surface area contributed by atoms with Gasteiger partial charge in [0.25, 0.3) is 11.7 Å². The molecule has 192 valence electrons. The number of ether oxygens (including phenoxy) is 3.